The molecule has 3 aromatic rings. The minimum atomic E-state index is -0.0708. The van der Waals surface area contributed by atoms with Crippen molar-refractivity contribution >= 4 is 84.9 Å². The lowest BCUT2D eigenvalue weighted by atomic mass is 10.2. The van der Waals surface area contributed by atoms with Gasteiger partial charge in [-0.15, -0.1) is 22.7 Å². The molecule has 0 fully saturated rings. The van der Waals surface area contributed by atoms with Crippen molar-refractivity contribution in [3.63, 3.8) is 0 Å². The van der Waals surface area contributed by atoms with Gasteiger partial charge < -0.3 is 5.32 Å². The number of carbonyl (C=O) groups is 2. The highest BCUT2D eigenvalue weighted by atomic mass is 35.5. The number of nitrogens with one attached hydrogen (secondary N) is 1. The van der Waals surface area contributed by atoms with Gasteiger partial charge in [0, 0.05) is 12.3 Å². The first-order chi connectivity index (χ1) is 10.9. The quantitative estimate of drug-likeness (QED) is 0.433. The predicted octanol–water partition coefficient (Wildman–Crippen LogP) is 5.78. The fraction of sp³-hybridized carbons (Fsp3) is 0.0714. The number of pyridine rings is 1. The average Bonchev–Trinajstić information content (AvgIpc) is 3.02. The number of amides is 1. The summed E-state index contributed by atoms with van der Waals surface area (Å²) in [5, 5.41) is 4.48. The number of hydrogen-bond acceptors (Lipinski definition) is 5. The molecule has 0 spiro atoms. The molecule has 0 saturated heterocycles. The van der Waals surface area contributed by atoms with Crippen LogP contribution in [0, 0.1) is 0 Å². The number of thiophene rings is 2. The summed E-state index contributed by atoms with van der Waals surface area (Å²) in [6, 6.07) is 6.96. The number of nitrogens with zero attached hydrogens (tertiary/aromatic N) is 1. The molecule has 4 nitrogen and oxygen atoms in total. The van der Waals surface area contributed by atoms with Crippen LogP contribution in [0.1, 0.15) is 17.3 Å². The Hall–Kier alpha value is -1.18. The van der Waals surface area contributed by atoms with Crippen molar-refractivity contribution in [2.75, 3.05) is 5.32 Å². The topological polar surface area (TPSA) is 59.1 Å². The first kappa shape index (κ1) is 18.2. The number of anilines is 1. The molecule has 0 unspecified atom stereocenters. The lowest BCUT2D eigenvalue weighted by molar-refractivity contribution is -0.114. The molecule has 1 amide bonds. The van der Waals surface area contributed by atoms with E-state index in [2.05, 4.69) is 10.3 Å². The summed E-state index contributed by atoms with van der Waals surface area (Å²) in [5.74, 6) is -0.0708. The molecule has 0 aromatic carbocycles. The van der Waals surface area contributed by atoms with Crippen LogP contribution < -0.4 is 5.32 Å². The summed E-state index contributed by atoms with van der Waals surface area (Å²) >= 11 is 19.8. The Morgan fingerprint density at radius 1 is 1.17 bits per heavy atom. The molecule has 23 heavy (non-hydrogen) atoms. The van der Waals surface area contributed by atoms with Gasteiger partial charge in [0.1, 0.15) is 9.98 Å². The third kappa shape index (κ3) is 5.16. The van der Waals surface area contributed by atoms with Crippen molar-refractivity contribution in [3.05, 3.63) is 43.7 Å². The summed E-state index contributed by atoms with van der Waals surface area (Å²) in [4.78, 5) is 25.8. The van der Waals surface area contributed by atoms with Crippen LogP contribution in [0.4, 0.5) is 5.00 Å². The van der Waals surface area contributed by atoms with Gasteiger partial charge in [0.2, 0.25) is 5.91 Å². The average molecular weight is 408 g/mol. The van der Waals surface area contributed by atoms with E-state index in [1.54, 1.807) is 24.3 Å². The summed E-state index contributed by atoms with van der Waals surface area (Å²) in [5.41, 5.74) is 0.392. The number of fused-ring (bicyclic) bond motifs is 1. The Morgan fingerprint density at radius 2 is 1.91 bits per heavy atom. The zero-order valence-corrected chi connectivity index (χ0v) is 15.5. The molecule has 0 aliphatic rings. The summed E-state index contributed by atoms with van der Waals surface area (Å²) in [6.07, 6.45) is 0.681. The summed E-state index contributed by atoms with van der Waals surface area (Å²) in [7, 11) is 0. The smallest absolute Gasteiger partial charge is 0.221 e. The maximum absolute atomic E-state index is 10.5. The molecule has 120 valence electrons. The van der Waals surface area contributed by atoms with E-state index in [4.69, 9.17) is 34.8 Å². The third-order valence-corrected chi connectivity index (χ3v) is 5.08. The first-order valence-electron chi connectivity index (χ1n) is 6.12. The fourth-order valence-corrected chi connectivity index (χ4v) is 3.88. The van der Waals surface area contributed by atoms with Crippen LogP contribution >= 0.6 is 57.5 Å². The molecular weight excluding hydrogens is 399 g/mol. The second-order valence-corrected chi connectivity index (χ2v) is 7.95. The van der Waals surface area contributed by atoms with Crippen LogP contribution in [-0.2, 0) is 4.79 Å². The Bertz CT molecular complexity index is 861. The van der Waals surface area contributed by atoms with Crippen LogP contribution in [0.25, 0.3) is 10.2 Å². The first-order valence-corrected chi connectivity index (χ1v) is 8.89. The summed E-state index contributed by atoms with van der Waals surface area (Å²) < 4.78 is 1.32. The molecule has 9 heteroatoms. The van der Waals surface area contributed by atoms with Gasteiger partial charge in [0.05, 0.1) is 19.2 Å². The van der Waals surface area contributed by atoms with Gasteiger partial charge in [0.15, 0.2) is 6.29 Å². The van der Waals surface area contributed by atoms with E-state index in [0.29, 0.717) is 20.5 Å². The van der Waals surface area contributed by atoms with E-state index in [0.717, 1.165) is 15.2 Å². The van der Waals surface area contributed by atoms with E-state index >= 15 is 0 Å². The van der Waals surface area contributed by atoms with Crippen LogP contribution in [0.15, 0.2) is 24.3 Å². The minimum absolute atomic E-state index is 0.0708. The van der Waals surface area contributed by atoms with Gasteiger partial charge in [0.25, 0.3) is 0 Å². The van der Waals surface area contributed by atoms with E-state index in [-0.39, 0.29) is 11.1 Å². The van der Waals surface area contributed by atoms with Crippen LogP contribution in [0.5, 0.6) is 0 Å². The molecule has 3 aromatic heterocycles. The maximum Gasteiger partial charge on any atom is 0.221 e. The number of rotatable bonds is 2. The van der Waals surface area contributed by atoms with Gasteiger partial charge in [-0.25, -0.2) is 4.98 Å². The van der Waals surface area contributed by atoms with E-state index in [1.165, 1.54) is 29.6 Å². The van der Waals surface area contributed by atoms with Crippen LogP contribution in [0.2, 0.25) is 13.8 Å². The molecule has 0 bridgehead atoms. The van der Waals surface area contributed by atoms with Gasteiger partial charge in [-0.3, -0.25) is 9.59 Å². The van der Waals surface area contributed by atoms with Crippen LogP contribution in [-0.4, -0.2) is 17.2 Å². The van der Waals surface area contributed by atoms with E-state index in [9.17, 15) is 9.59 Å². The molecule has 0 radical (unpaired) electrons. The second-order valence-electron chi connectivity index (χ2n) is 4.22. The van der Waals surface area contributed by atoms with Gasteiger partial charge in [-0.05, 0) is 24.3 Å². The molecule has 0 atom stereocenters. The van der Waals surface area contributed by atoms with Crippen molar-refractivity contribution in [2.45, 2.75) is 6.92 Å². The Kier molecular flexibility index (Phi) is 6.38. The Labute approximate surface area is 155 Å². The number of aromatic nitrogens is 1. The predicted molar refractivity (Wildman–Crippen MR) is 98.7 cm³/mol. The zero-order valence-electron chi connectivity index (χ0n) is 11.6. The highest BCUT2D eigenvalue weighted by Gasteiger charge is 2.06. The molecule has 3 heterocycles. The zero-order chi connectivity index (χ0) is 17.0. The molecule has 0 saturated carbocycles. The minimum Gasteiger partial charge on any atom is -0.318 e. The van der Waals surface area contributed by atoms with Crippen molar-refractivity contribution in [1.82, 2.24) is 4.98 Å². The van der Waals surface area contributed by atoms with Crippen molar-refractivity contribution in [2.24, 2.45) is 0 Å². The number of halogens is 3. The van der Waals surface area contributed by atoms with Gasteiger partial charge in [-0.2, -0.15) is 0 Å². The Balaban J connectivity index is 0.000000174. The number of aldehydes is 1. The molecule has 1 N–H and O–H groups in total. The molecule has 3 rings (SSSR count). The largest absolute Gasteiger partial charge is 0.318 e. The number of hydrogen-bond donors (Lipinski definition) is 1. The van der Waals surface area contributed by atoms with Crippen LogP contribution in [0.3, 0.4) is 0 Å². The SMILES string of the molecule is CC(=O)Nc1ccc(Cl)s1.O=Cc1cc2cc(Cl)sc2nc1Cl. The van der Waals surface area contributed by atoms with Crippen molar-refractivity contribution in [1.29, 1.82) is 0 Å². The van der Waals surface area contributed by atoms with Gasteiger partial charge in [-0.1, -0.05) is 34.8 Å². The summed E-state index contributed by atoms with van der Waals surface area (Å²) in [6.45, 7) is 1.47. The van der Waals surface area contributed by atoms with Crippen molar-refractivity contribution in [3.8, 4) is 0 Å². The van der Waals surface area contributed by atoms with Gasteiger partial charge >= 0.3 is 0 Å². The third-order valence-electron chi connectivity index (χ3n) is 2.46. The maximum atomic E-state index is 10.5. The van der Waals surface area contributed by atoms with E-state index < -0.39 is 0 Å². The molecule has 0 aliphatic heterocycles. The fourth-order valence-electron chi connectivity index (χ4n) is 1.57. The monoisotopic (exact) mass is 406 g/mol. The Morgan fingerprint density at radius 3 is 2.48 bits per heavy atom. The lowest BCUT2D eigenvalue weighted by Crippen LogP contribution is -2.03. The number of carbonyl (C=O) groups excluding carboxylic acids is 2. The normalized spacial score (nSPS) is 10.1. The molecule has 0 aliphatic carbocycles. The lowest BCUT2D eigenvalue weighted by Gasteiger charge is -1.93. The highest BCUT2D eigenvalue weighted by molar-refractivity contribution is 7.22. The standard InChI is InChI=1S/C8H3Cl2NOS.C6H6ClNOS/c9-6-2-4-1-5(3-12)7(10)11-8(4)13-6;1-4(9)8-6-3-2-5(7)10-6/h1-3H;2-3H,1H3,(H,8,9). The van der Waals surface area contributed by atoms with E-state index in [1.807, 2.05) is 0 Å². The second kappa shape index (κ2) is 8.08. The highest BCUT2D eigenvalue weighted by Crippen LogP contribution is 2.30. The van der Waals surface area contributed by atoms with Crippen molar-refractivity contribution < 1.29 is 9.59 Å². The molecular formula is C14H9Cl3N2O2S2.